The summed E-state index contributed by atoms with van der Waals surface area (Å²) in [6.45, 7) is 5.43. The number of epoxide rings is 1. The van der Waals surface area contributed by atoms with E-state index in [4.69, 9.17) is 10.5 Å². The minimum Gasteiger partial charge on any atom is -0.353 e. The van der Waals surface area contributed by atoms with Gasteiger partial charge in [-0.15, -0.1) is 0 Å². The number of carbonyl (C=O) groups excluding carboxylic acids is 2. The van der Waals surface area contributed by atoms with E-state index in [1.807, 2.05) is 12.2 Å². The van der Waals surface area contributed by atoms with E-state index >= 15 is 0 Å². The minimum atomic E-state index is -0.873. The second-order valence-electron chi connectivity index (χ2n) is 3.61. The van der Waals surface area contributed by atoms with Crippen molar-refractivity contribution in [3.8, 4) is 0 Å². The zero-order chi connectivity index (χ0) is 10.3. The molecule has 0 saturated carbocycles. The molecule has 1 aliphatic heterocycles. The van der Waals surface area contributed by atoms with Crippen molar-refractivity contribution in [2.24, 2.45) is 5.73 Å². The van der Waals surface area contributed by atoms with Crippen molar-refractivity contribution in [2.45, 2.75) is 38.4 Å². The standard InChI is InChI=1S/C8H14N2O3/c1-4-8(7(2,3)13-8)5(11)10-6(9)12/h4H2,1-3H3,(H3,9,10,11,12). The first-order valence-corrected chi connectivity index (χ1v) is 4.17. The fourth-order valence-electron chi connectivity index (χ4n) is 1.60. The van der Waals surface area contributed by atoms with Gasteiger partial charge in [-0.3, -0.25) is 10.1 Å². The molecule has 1 heterocycles. The van der Waals surface area contributed by atoms with Gasteiger partial charge in [-0.1, -0.05) is 6.92 Å². The quantitative estimate of drug-likeness (QED) is 0.601. The number of ether oxygens (including phenoxy) is 1. The lowest BCUT2D eigenvalue weighted by molar-refractivity contribution is -0.125. The van der Waals surface area contributed by atoms with Crippen molar-refractivity contribution in [3.63, 3.8) is 0 Å². The first-order chi connectivity index (χ1) is 5.85. The predicted molar refractivity (Wildman–Crippen MR) is 45.9 cm³/mol. The third-order valence-electron chi connectivity index (χ3n) is 2.46. The lowest BCUT2D eigenvalue weighted by atomic mass is 9.92. The second kappa shape index (κ2) is 2.70. The summed E-state index contributed by atoms with van der Waals surface area (Å²) in [5.41, 5.74) is 3.46. The van der Waals surface area contributed by atoms with Gasteiger partial charge in [0.05, 0.1) is 0 Å². The largest absolute Gasteiger partial charge is 0.353 e. The molecule has 74 valence electrons. The van der Waals surface area contributed by atoms with Crippen molar-refractivity contribution < 1.29 is 14.3 Å². The third kappa shape index (κ3) is 1.39. The molecule has 13 heavy (non-hydrogen) atoms. The number of hydrogen-bond donors (Lipinski definition) is 2. The highest BCUT2D eigenvalue weighted by molar-refractivity contribution is 6.00. The maximum Gasteiger partial charge on any atom is 0.318 e. The van der Waals surface area contributed by atoms with Gasteiger partial charge in [0.1, 0.15) is 5.60 Å². The van der Waals surface area contributed by atoms with E-state index in [1.165, 1.54) is 0 Å². The summed E-state index contributed by atoms with van der Waals surface area (Å²) in [6, 6.07) is -0.843. The molecule has 1 unspecified atom stereocenters. The fourth-order valence-corrected chi connectivity index (χ4v) is 1.60. The average molecular weight is 186 g/mol. The molecule has 0 aliphatic carbocycles. The van der Waals surface area contributed by atoms with Crippen LogP contribution in [0.25, 0.3) is 0 Å². The predicted octanol–water partition coefficient (Wildman–Crippen LogP) is 0.139. The molecule has 1 fully saturated rings. The number of rotatable bonds is 2. The third-order valence-corrected chi connectivity index (χ3v) is 2.46. The molecular formula is C8H14N2O3. The lowest BCUT2D eigenvalue weighted by Gasteiger charge is -2.10. The van der Waals surface area contributed by atoms with Crippen LogP contribution in [0.15, 0.2) is 0 Å². The topological polar surface area (TPSA) is 84.7 Å². The second-order valence-corrected chi connectivity index (χ2v) is 3.61. The average Bonchev–Trinajstić information content (AvgIpc) is 2.53. The van der Waals surface area contributed by atoms with Gasteiger partial charge in [-0.05, 0) is 20.3 Å². The summed E-state index contributed by atoms with van der Waals surface area (Å²) in [5, 5.41) is 2.03. The Bertz CT molecular complexity index is 262. The van der Waals surface area contributed by atoms with Gasteiger partial charge in [0.25, 0.3) is 5.91 Å². The lowest BCUT2D eigenvalue weighted by Crippen LogP contribution is -2.45. The highest BCUT2D eigenvalue weighted by Gasteiger charge is 2.67. The Morgan fingerprint density at radius 2 is 1.92 bits per heavy atom. The highest BCUT2D eigenvalue weighted by atomic mass is 16.6. The molecule has 3 N–H and O–H groups in total. The number of nitrogens with two attached hydrogens (primary N) is 1. The van der Waals surface area contributed by atoms with Crippen LogP contribution < -0.4 is 11.1 Å². The van der Waals surface area contributed by atoms with Crippen LogP contribution in [0.1, 0.15) is 27.2 Å². The molecular weight excluding hydrogens is 172 g/mol. The van der Waals surface area contributed by atoms with Gasteiger partial charge in [-0.2, -0.15) is 0 Å². The fraction of sp³-hybridized carbons (Fsp3) is 0.750. The summed E-state index contributed by atoms with van der Waals surface area (Å²) in [7, 11) is 0. The van der Waals surface area contributed by atoms with Crippen molar-refractivity contribution in [1.82, 2.24) is 5.32 Å². The number of carbonyl (C=O) groups is 2. The van der Waals surface area contributed by atoms with Crippen LogP contribution >= 0.6 is 0 Å². The smallest absolute Gasteiger partial charge is 0.318 e. The monoisotopic (exact) mass is 186 g/mol. The molecule has 0 aromatic rings. The van der Waals surface area contributed by atoms with Crippen molar-refractivity contribution in [1.29, 1.82) is 0 Å². The number of primary amides is 1. The zero-order valence-electron chi connectivity index (χ0n) is 8.01. The molecule has 1 rings (SSSR count). The van der Waals surface area contributed by atoms with E-state index in [0.29, 0.717) is 6.42 Å². The molecule has 5 nitrogen and oxygen atoms in total. The zero-order valence-corrected chi connectivity index (χ0v) is 8.01. The first kappa shape index (κ1) is 9.98. The van der Waals surface area contributed by atoms with E-state index in [1.54, 1.807) is 13.8 Å². The minimum absolute atomic E-state index is 0.451. The molecule has 0 aromatic carbocycles. The van der Waals surface area contributed by atoms with E-state index in [9.17, 15) is 9.59 Å². The summed E-state index contributed by atoms with van der Waals surface area (Å²) < 4.78 is 5.28. The van der Waals surface area contributed by atoms with Crippen LogP contribution in [-0.4, -0.2) is 23.1 Å². The van der Waals surface area contributed by atoms with Gasteiger partial charge < -0.3 is 10.5 Å². The Balaban J connectivity index is 2.71. The normalized spacial score (nSPS) is 29.5. The van der Waals surface area contributed by atoms with Gasteiger partial charge in [0, 0.05) is 0 Å². The van der Waals surface area contributed by atoms with Crippen LogP contribution in [0.3, 0.4) is 0 Å². The van der Waals surface area contributed by atoms with E-state index in [0.717, 1.165) is 0 Å². The Kier molecular flexibility index (Phi) is 2.07. The number of hydrogen-bond acceptors (Lipinski definition) is 3. The van der Waals surface area contributed by atoms with E-state index in [2.05, 4.69) is 0 Å². The molecule has 5 heteroatoms. The van der Waals surface area contributed by atoms with Crippen LogP contribution in [0.4, 0.5) is 4.79 Å². The highest BCUT2D eigenvalue weighted by Crippen LogP contribution is 2.49. The summed E-state index contributed by atoms with van der Waals surface area (Å²) >= 11 is 0. The molecule has 1 atom stereocenters. The molecule has 0 spiro atoms. The number of nitrogens with one attached hydrogen (secondary N) is 1. The molecule has 1 aliphatic rings. The molecule has 0 bridgehead atoms. The van der Waals surface area contributed by atoms with Crippen LogP contribution in [0.2, 0.25) is 0 Å². The SMILES string of the molecule is CCC1(C(=O)NC(N)=O)OC1(C)C. The Hall–Kier alpha value is -1.10. The number of amides is 3. The van der Waals surface area contributed by atoms with Gasteiger partial charge >= 0.3 is 6.03 Å². The van der Waals surface area contributed by atoms with Crippen LogP contribution in [0.5, 0.6) is 0 Å². The van der Waals surface area contributed by atoms with E-state index < -0.39 is 23.1 Å². The van der Waals surface area contributed by atoms with Crippen LogP contribution in [-0.2, 0) is 9.53 Å². The molecule has 0 radical (unpaired) electrons. The molecule has 0 aromatic heterocycles. The number of urea groups is 1. The van der Waals surface area contributed by atoms with Gasteiger partial charge in [-0.25, -0.2) is 4.79 Å². The molecule has 3 amide bonds. The summed E-state index contributed by atoms with van der Waals surface area (Å²) in [6.07, 6.45) is 0.527. The van der Waals surface area contributed by atoms with Gasteiger partial charge in [0.2, 0.25) is 0 Å². The first-order valence-electron chi connectivity index (χ1n) is 4.17. The van der Waals surface area contributed by atoms with Crippen molar-refractivity contribution in [3.05, 3.63) is 0 Å². The summed E-state index contributed by atoms with van der Waals surface area (Å²) in [5.74, 6) is -0.451. The van der Waals surface area contributed by atoms with Gasteiger partial charge in [0.15, 0.2) is 5.60 Å². The maximum absolute atomic E-state index is 11.4. The van der Waals surface area contributed by atoms with Crippen molar-refractivity contribution in [2.75, 3.05) is 0 Å². The summed E-state index contributed by atoms with van der Waals surface area (Å²) in [4.78, 5) is 21.9. The number of imide groups is 1. The Labute approximate surface area is 76.6 Å². The Morgan fingerprint density at radius 1 is 1.46 bits per heavy atom. The van der Waals surface area contributed by atoms with Crippen LogP contribution in [0, 0.1) is 0 Å². The molecule has 1 saturated heterocycles. The van der Waals surface area contributed by atoms with E-state index in [-0.39, 0.29) is 0 Å². The van der Waals surface area contributed by atoms with Crippen molar-refractivity contribution >= 4 is 11.9 Å². The Morgan fingerprint density at radius 3 is 2.15 bits per heavy atom. The maximum atomic E-state index is 11.4.